The van der Waals surface area contributed by atoms with Crippen molar-refractivity contribution in [3.63, 3.8) is 0 Å². The van der Waals surface area contributed by atoms with Gasteiger partial charge in [-0.2, -0.15) is 0 Å². The van der Waals surface area contributed by atoms with Gasteiger partial charge in [0.1, 0.15) is 0 Å². The Hall–Kier alpha value is -0.850. The lowest BCUT2D eigenvalue weighted by Gasteiger charge is -2.13. The van der Waals surface area contributed by atoms with Gasteiger partial charge in [-0.15, -0.1) is 0 Å². The van der Waals surface area contributed by atoms with Crippen LogP contribution in [0.4, 0.5) is 0 Å². The van der Waals surface area contributed by atoms with Crippen LogP contribution < -0.4 is 0 Å². The van der Waals surface area contributed by atoms with Gasteiger partial charge >= 0.3 is 0 Å². The second-order valence-electron chi connectivity index (χ2n) is 3.99. The Morgan fingerprint density at radius 2 is 2.31 bits per heavy atom. The minimum atomic E-state index is 0.742. The van der Waals surface area contributed by atoms with Crippen molar-refractivity contribution < 1.29 is 0 Å². The smallest absolute Gasteiger partial charge is 0.0437 e. The molecule has 0 radical (unpaired) electrons. The molecular weight excluding hydrogens is 158 g/mol. The van der Waals surface area contributed by atoms with Crippen LogP contribution in [-0.4, -0.2) is 4.98 Å². The van der Waals surface area contributed by atoms with E-state index in [1.807, 2.05) is 12.3 Å². The van der Waals surface area contributed by atoms with Crippen LogP contribution in [0.15, 0.2) is 24.4 Å². The highest BCUT2D eigenvalue weighted by molar-refractivity contribution is 5.12. The lowest BCUT2D eigenvalue weighted by molar-refractivity contribution is 0.537. The van der Waals surface area contributed by atoms with E-state index >= 15 is 0 Å². The summed E-state index contributed by atoms with van der Waals surface area (Å²) in [5.74, 6) is 1.68. The molecule has 1 heteroatoms. The van der Waals surface area contributed by atoms with Crippen LogP contribution in [0.5, 0.6) is 0 Å². The van der Waals surface area contributed by atoms with Crippen LogP contribution in [0, 0.1) is 5.92 Å². The summed E-state index contributed by atoms with van der Waals surface area (Å²) < 4.78 is 0. The van der Waals surface area contributed by atoms with E-state index in [9.17, 15) is 0 Å². The Balaban J connectivity index is 2.10. The van der Waals surface area contributed by atoms with E-state index < -0.39 is 0 Å². The molecule has 0 saturated heterocycles. The molecular formula is C12H17N. The standard InChI is InChI=1S/C12H17N/c1-2-5-11(10-7-8-10)12-6-3-4-9-13-12/h3-4,6,9-11H,2,5,7-8H2,1H3. The molecule has 1 aromatic heterocycles. The van der Waals surface area contributed by atoms with E-state index in [1.165, 1.54) is 31.4 Å². The average molecular weight is 175 g/mol. The molecule has 1 nitrogen and oxygen atoms in total. The zero-order valence-corrected chi connectivity index (χ0v) is 8.24. The largest absolute Gasteiger partial charge is 0.261 e. The lowest BCUT2D eigenvalue weighted by Crippen LogP contribution is -2.02. The SMILES string of the molecule is CCCC(c1ccccn1)C1CC1. The van der Waals surface area contributed by atoms with E-state index in [0.29, 0.717) is 0 Å². The highest BCUT2D eigenvalue weighted by Crippen LogP contribution is 2.44. The van der Waals surface area contributed by atoms with Crippen LogP contribution >= 0.6 is 0 Å². The summed E-state index contributed by atoms with van der Waals surface area (Å²) in [6.07, 6.45) is 7.34. The zero-order valence-electron chi connectivity index (χ0n) is 8.24. The Morgan fingerprint density at radius 3 is 2.85 bits per heavy atom. The first-order valence-electron chi connectivity index (χ1n) is 5.32. The third kappa shape index (κ3) is 2.09. The molecule has 1 atom stereocenters. The van der Waals surface area contributed by atoms with Crippen molar-refractivity contribution in [2.45, 2.75) is 38.5 Å². The number of nitrogens with zero attached hydrogens (tertiary/aromatic N) is 1. The number of pyridine rings is 1. The predicted octanol–water partition coefficient (Wildman–Crippen LogP) is 3.38. The molecule has 0 bridgehead atoms. The summed E-state index contributed by atoms with van der Waals surface area (Å²) in [5.41, 5.74) is 1.31. The van der Waals surface area contributed by atoms with Crippen molar-refractivity contribution in [1.82, 2.24) is 4.98 Å². The molecule has 1 unspecified atom stereocenters. The van der Waals surface area contributed by atoms with E-state index in [1.54, 1.807) is 0 Å². The van der Waals surface area contributed by atoms with Gasteiger partial charge in [-0.1, -0.05) is 19.4 Å². The second kappa shape index (κ2) is 3.91. The predicted molar refractivity (Wildman–Crippen MR) is 54.6 cm³/mol. The molecule has 0 amide bonds. The maximum Gasteiger partial charge on any atom is 0.0437 e. The summed E-state index contributed by atoms with van der Waals surface area (Å²) >= 11 is 0. The van der Waals surface area contributed by atoms with Crippen LogP contribution in [0.25, 0.3) is 0 Å². The van der Waals surface area contributed by atoms with E-state index in [4.69, 9.17) is 0 Å². The highest BCUT2D eigenvalue weighted by atomic mass is 14.7. The normalized spacial score (nSPS) is 18.5. The first-order valence-corrected chi connectivity index (χ1v) is 5.32. The maximum atomic E-state index is 4.46. The molecule has 0 spiro atoms. The molecule has 13 heavy (non-hydrogen) atoms. The van der Waals surface area contributed by atoms with Crippen molar-refractivity contribution in [2.24, 2.45) is 5.92 Å². The Labute approximate surface area is 80.2 Å². The van der Waals surface area contributed by atoms with Gasteiger partial charge in [-0.25, -0.2) is 0 Å². The van der Waals surface area contributed by atoms with Gasteiger partial charge in [0.2, 0.25) is 0 Å². The van der Waals surface area contributed by atoms with Gasteiger partial charge in [0.25, 0.3) is 0 Å². The lowest BCUT2D eigenvalue weighted by atomic mass is 9.94. The summed E-state index contributed by atoms with van der Waals surface area (Å²) in [6, 6.07) is 6.28. The van der Waals surface area contributed by atoms with Gasteiger partial charge < -0.3 is 0 Å². The van der Waals surface area contributed by atoms with Gasteiger partial charge in [-0.3, -0.25) is 4.98 Å². The summed E-state index contributed by atoms with van der Waals surface area (Å²) in [6.45, 7) is 2.26. The van der Waals surface area contributed by atoms with Gasteiger partial charge in [0.15, 0.2) is 0 Å². The van der Waals surface area contributed by atoms with Crippen molar-refractivity contribution in [3.8, 4) is 0 Å². The van der Waals surface area contributed by atoms with E-state index in [2.05, 4.69) is 24.0 Å². The van der Waals surface area contributed by atoms with Crippen LogP contribution in [-0.2, 0) is 0 Å². The van der Waals surface area contributed by atoms with Crippen LogP contribution in [0.2, 0.25) is 0 Å². The highest BCUT2D eigenvalue weighted by Gasteiger charge is 2.31. The monoisotopic (exact) mass is 175 g/mol. The van der Waals surface area contributed by atoms with Crippen molar-refractivity contribution in [3.05, 3.63) is 30.1 Å². The van der Waals surface area contributed by atoms with E-state index in [0.717, 1.165) is 11.8 Å². The first kappa shape index (κ1) is 8.74. The fourth-order valence-electron chi connectivity index (χ4n) is 2.03. The molecule has 1 saturated carbocycles. The third-order valence-electron chi connectivity index (χ3n) is 2.86. The van der Waals surface area contributed by atoms with Crippen LogP contribution in [0.1, 0.15) is 44.2 Å². The topological polar surface area (TPSA) is 12.9 Å². The summed E-state index contributed by atoms with van der Waals surface area (Å²) in [4.78, 5) is 4.46. The second-order valence-corrected chi connectivity index (χ2v) is 3.99. The molecule has 0 aromatic carbocycles. The minimum absolute atomic E-state index is 0.742. The first-order chi connectivity index (χ1) is 6.42. The fourth-order valence-corrected chi connectivity index (χ4v) is 2.03. The number of hydrogen-bond donors (Lipinski definition) is 0. The average Bonchev–Trinajstić information content (AvgIpc) is 2.99. The number of rotatable bonds is 4. The number of aromatic nitrogens is 1. The minimum Gasteiger partial charge on any atom is -0.261 e. The third-order valence-corrected chi connectivity index (χ3v) is 2.86. The van der Waals surface area contributed by atoms with E-state index in [-0.39, 0.29) is 0 Å². The molecule has 2 rings (SSSR count). The van der Waals surface area contributed by atoms with Gasteiger partial charge in [0.05, 0.1) is 0 Å². The quantitative estimate of drug-likeness (QED) is 0.683. The molecule has 1 aliphatic carbocycles. The molecule has 1 aromatic rings. The Kier molecular flexibility index (Phi) is 2.62. The number of hydrogen-bond acceptors (Lipinski definition) is 1. The van der Waals surface area contributed by atoms with Crippen LogP contribution in [0.3, 0.4) is 0 Å². The molecule has 1 heterocycles. The molecule has 1 fully saturated rings. The molecule has 0 N–H and O–H groups in total. The zero-order chi connectivity index (χ0) is 9.10. The van der Waals surface area contributed by atoms with Crippen molar-refractivity contribution in [2.75, 3.05) is 0 Å². The summed E-state index contributed by atoms with van der Waals surface area (Å²) in [7, 11) is 0. The molecule has 1 aliphatic rings. The fraction of sp³-hybridized carbons (Fsp3) is 0.583. The Bertz CT molecular complexity index is 251. The van der Waals surface area contributed by atoms with Gasteiger partial charge in [0, 0.05) is 17.8 Å². The van der Waals surface area contributed by atoms with Gasteiger partial charge in [-0.05, 0) is 37.3 Å². The maximum absolute atomic E-state index is 4.46. The summed E-state index contributed by atoms with van der Waals surface area (Å²) in [5, 5.41) is 0. The molecule has 70 valence electrons. The Morgan fingerprint density at radius 1 is 1.46 bits per heavy atom. The van der Waals surface area contributed by atoms with Crippen molar-refractivity contribution >= 4 is 0 Å². The molecule has 0 aliphatic heterocycles. The van der Waals surface area contributed by atoms with Crippen molar-refractivity contribution in [1.29, 1.82) is 0 Å².